The molecule has 0 saturated heterocycles. The third-order valence-corrected chi connectivity index (χ3v) is 2.65. The van der Waals surface area contributed by atoms with Crippen LogP contribution >= 0.6 is 11.6 Å². The van der Waals surface area contributed by atoms with Gasteiger partial charge in [0.1, 0.15) is 17.2 Å². The molecule has 5 nitrogen and oxygen atoms in total. The molecule has 0 aromatic carbocycles. The van der Waals surface area contributed by atoms with Crippen LogP contribution in [0.15, 0.2) is 18.7 Å². The summed E-state index contributed by atoms with van der Waals surface area (Å²) in [6.07, 6.45) is 5.28. The quantitative estimate of drug-likeness (QED) is 0.782. The highest BCUT2D eigenvalue weighted by Crippen LogP contribution is 2.29. The van der Waals surface area contributed by atoms with E-state index in [1.54, 1.807) is 19.5 Å². The zero-order valence-electron chi connectivity index (χ0n) is 9.51. The van der Waals surface area contributed by atoms with Crippen molar-refractivity contribution in [3.05, 3.63) is 29.4 Å². The summed E-state index contributed by atoms with van der Waals surface area (Å²) >= 11 is 6.03. The van der Waals surface area contributed by atoms with Crippen molar-refractivity contribution in [1.29, 1.82) is 0 Å². The summed E-state index contributed by atoms with van der Waals surface area (Å²) in [5.74, 6) is 0.428. The van der Waals surface area contributed by atoms with Gasteiger partial charge >= 0.3 is 0 Å². The zero-order chi connectivity index (χ0) is 12.3. The molecule has 0 N–H and O–H groups in total. The molecule has 0 bridgehead atoms. The van der Waals surface area contributed by atoms with Crippen LogP contribution in [0.1, 0.15) is 12.5 Å². The fourth-order valence-corrected chi connectivity index (χ4v) is 1.81. The summed E-state index contributed by atoms with van der Waals surface area (Å²) in [5, 5.41) is 0.435. The molecule has 0 saturated carbocycles. The maximum atomic E-state index is 6.03. The predicted octanol–water partition coefficient (Wildman–Crippen LogP) is 2.16. The lowest BCUT2D eigenvalue weighted by Gasteiger charge is -2.09. The lowest BCUT2D eigenvalue weighted by atomic mass is 10.1. The van der Waals surface area contributed by atoms with Crippen molar-refractivity contribution < 1.29 is 4.74 Å². The lowest BCUT2D eigenvalue weighted by Crippen LogP contribution is -2.00. The number of hydrogen-bond donors (Lipinski definition) is 0. The minimum atomic E-state index is 0.428. The van der Waals surface area contributed by atoms with Gasteiger partial charge in [-0.3, -0.25) is 0 Å². The van der Waals surface area contributed by atoms with Crippen molar-refractivity contribution >= 4 is 11.6 Å². The number of rotatable bonds is 3. The molecule has 2 aromatic rings. The number of nitrogens with zero attached hydrogens (tertiary/aromatic N) is 4. The van der Waals surface area contributed by atoms with Gasteiger partial charge in [-0.1, -0.05) is 18.5 Å². The molecule has 2 heterocycles. The Morgan fingerprint density at radius 1 is 1.12 bits per heavy atom. The highest BCUT2D eigenvalue weighted by molar-refractivity contribution is 6.30. The number of methoxy groups -OCH3 is 1. The SMILES string of the molecule is CCc1c(Cl)ncnc1-c1nccnc1OC. The number of aromatic nitrogens is 4. The maximum Gasteiger partial charge on any atom is 0.241 e. The molecule has 0 fully saturated rings. The first-order valence-electron chi connectivity index (χ1n) is 5.12. The molecule has 0 aliphatic rings. The first-order valence-corrected chi connectivity index (χ1v) is 5.50. The van der Waals surface area contributed by atoms with E-state index in [-0.39, 0.29) is 0 Å². The van der Waals surface area contributed by atoms with Crippen LogP contribution in [0.4, 0.5) is 0 Å². The normalized spacial score (nSPS) is 10.3. The summed E-state index contributed by atoms with van der Waals surface area (Å²) < 4.78 is 5.16. The van der Waals surface area contributed by atoms with Gasteiger partial charge in [-0.25, -0.2) is 19.9 Å². The minimum Gasteiger partial charge on any atom is -0.479 e. The number of halogens is 1. The van der Waals surface area contributed by atoms with E-state index in [0.29, 0.717) is 28.8 Å². The molecule has 0 aliphatic heterocycles. The number of hydrogen-bond acceptors (Lipinski definition) is 5. The van der Waals surface area contributed by atoms with Crippen molar-refractivity contribution in [1.82, 2.24) is 19.9 Å². The highest BCUT2D eigenvalue weighted by Gasteiger charge is 2.16. The van der Waals surface area contributed by atoms with Crippen molar-refractivity contribution in [2.45, 2.75) is 13.3 Å². The summed E-state index contributed by atoms with van der Waals surface area (Å²) in [6, 6.07) is 0. The molecule has 0 unspecified atom stereocenters. The van der Waals surface area contributed by atoms with E-state index in [0.717, 1.165) is 5.56 Å². The van der Waals surface area contributed by atoms with Crippen molar-refractivity contribution in [3.8, 4) is 17.3 Å². The highest BCUT2D eigenvalue weighted by atomic mass is 35.5. The Morgan fingerprint density at radius 3 is 2.59 bits per heavy atom. The zero-order valence-corrected chi connectivity index (χ0v) is 10.3. The molecule has 17 heavy (non-hydrogen) atoms. The predicted molar refractivity (Wildman–Crippen MR) is 64.0 cm³/mol. The van der Waals surface area contributed by atoms with Gasteiger partial charge < -0.3 is 4.74 Å². The van der Waals surface area contributed by atoms with Crippen LogP contribution < -0.4 is 4.74 Å². The van der Waals surface area contributed by atoms with E-state index in [1.807, 2.05) is 6.92 Å². The van der Waals surface area contributed by atoms with Gasteiger partial charge in [0.2, 0.25) is 5.88 Å². The molecule has 6 heteroatoms. The molecular weight excluding hydrogens is 240 g/mol. The Hall–Kier alpha value is -1.75. The molecule has 0 amide bonds. The molecular formula is C11H11ClN4O. The van der Waals surface area contributed by atoms with Crippen molar-refractivity contribution in [2.24, 2.45) is 0 Å². The number of ether oxygens (including phenoxy) is 1. The van der Waals surface area contributed by atoms with Crippen LogP contribution in [0.25, 0.3) is 11.4 Å². The molecule has 0 radical (unpaired) electrons. The van der Waals surface area contributed by atoms with Crippen molar-refractivity contribution in [2.75, 3.05) is 7.11 Å². The Kier molecular flexibility index (Phi) is 3.49. The molecule has 0 aliphatic carbocycles. The average molecular weight is 251 g/mol. The second kappa shape index (κ2) is 5.05. The van der Waals surface area contributed by atoms with Crippen LogP contribution in [0, 0.1) is 0 Å². The minimum absolute atomic E-state index is 0.428. The van der Waals surface area contributed by atoms with Crippen LogP contribution in [0.2, 0.25) is 5.15 Å². The topological polar surface area (TPSA) is 60.8 Å². The van der Waals surface area contributed by atoms with E-state index >= 15 is 0 Å². The molecule has 2 rings (SSSR count). The van der Waals surface area contributed by atoms with Crippen LogP contribution in [0.3, 0.4) is 0 Å². The van der Waals surface area contributed by atoms with Crippen LogP contribution in [-0.4, -0.2) is 27.0 Å². The Bertz CT molecular complexity index is 533. The third kappa shape index (κ3) is 2.19. The van der Waals surface area contributed by atoms with E-state index in [1.165, 1.54) is 6.33 Å². The monoisotopic (exact) mass is 250 g/mol. The first-order chi connectivity index (χ1) is 8.27. The summed E-state index contributed by atoms with van der Waals surface area (Å²) in [5.41, 5.74) is 2.08. The van der Waals surface area contributed by atoms with Gasteiger partial charge in [0, 0.05) is 18.0 Å². The summed E-state index contributed by atoms with van der Waals surface area (Å²) in [4.78, 5) is 16.5. The average Bonchev–Trinajstić information content (AvgIpc) is 2.38. The van der Waals surface area contributed by atoms with Crippen molar-refractivity contribution in [3.63, 3.8) is 0 Å². The Labute approximate surface area is 104 Å². The third-order valence-electron chi connectivity index (χ3n) is 2.33. The second-order valence-corrected chi connectivity index (χ2v) is 3.62. The van der Waals surface area contributed by atoms with Gasteiger partial charge in [-0.05, 0) is 6.42 Å². The standard InChI is InChI=1S/C11H11ClN4O/c1-3-7-8(15-6-16-10(7)12)9-11(17-2)14-5-4-13-9/h4-6H,3H2,1-2H3. The summed E-state index contributed by atoms with van der Waals surface area (Å²) in [7, 11) is 1.54. The molecule has 2 aromatic heterocycles. The van der Waals surface area contributed by atoms with Gasteiger partial charge in [-0.2, -0.15) is 0 Å². The molecule has 0 spiro atoms. The van der Waals surface area contributed by atoms with E-state index in [4.69, 9.17) is 16.3 Å². The fourth-order valence-electron chi connectivity index (χ4n) is 1.55. The lowest BCUT2D eigenvalue weighted by molar-refractivity contribution is 0.397. The largest absolute Gasteiger partial charge is 0.479 e. The molecule has 88 valence electrons. The van der Waals surface area contributed by atoms with E-state index in [2.05, 4.69) is 19.9 Å². The fraction of sp³-hybridized carbons (Fsp3) is 0.273. The Morgan fingerprint density at radius 2 is 1.88 bits per heavy atom. The van der Waals surface area contributed by atoms with Gasteiger partial charge in [0.25, 0.3) is 0 Å². The maximum absolute atomic E-state index is 6.03. The van der Waals surface area contributed by atoms with E-state index in [9.17, 15) is 0 Å². The first kappa shape index (κ1) is 11.7. The smallest absolute Gasteiger partial charge is 0.241 e. The molecule has 0 atom stereocenters. The van der Waals surface area contributed by atoms with Crippen LogP contribution in [-0.2, 0) is 6.42 Å². The van der Waals surface area contributed by atoms with E-state index < -0.39 is 0 Å². The van der Waals surface area contributed by atoms with Gasteiger partial charge in [0.05, 0.1) is 7.11 Å². The van der Waals surface area contributed by atoms with Crippen LogP contribution in [0.5, 0.6) is 5.88 Å². The second-order valence-electron chi connectivity index (χ2n) is 3.26. The van der Waals surface area contributed by atoms with Gasteiger partial charge in [0.15, 0.2) is 5.69 Å². The van der Waals surface area contributed by atoms with Gasteiger partial charge in [-0.15, -0.1) is 0 Å². The Balaban J connectivity index is 2.64. The summed E-state index contributed by atoms with van der Waals surface area (Å²) in [6.45, 7) is 1.98.